The number of rotatable bonds is 5. The lowest BCUT2D eigenvalue weighted by atomic mass is 10.2. The molecule has 1 aromatic heterocycles. The van der Waals surface area contributed by atoms with Crippen molar-refractivity contribution in [2.45, 2.75) is 18.2 Å². The normalized spacial score (nSPS) is 10.9. The molecule has 0 unspecified atom stereocenters. The van der Waals surface area contributed by atoms with Gasteiger partial charge >= 0.3 is 6.03 Å². The van der Waals surface area contributed by atoms with Crippen LogP contribution in [0.3, 0.4) is 0 Å². The van der Waals surface area contributed by atoms with Crippen LogP contribution in [0.15, 0.2) is 22.5 Å². The van der Waals surface area contributed by atoms with Crippen LogP contribution >= 0.6 is 34.7 Å². The summed E-state index contributed by atoms with van der Waals surface area (Å²) < 4.78 is 1.79. The van der Waals surface area contributed by atoms with Crippen LogP contribution in [-0.4, -0.2) is 29.2 Å². The van der Waals surface area contributed by atoms with Gasteiger partial charge in [0.25, 0.3) is 0 Å². The number of urea groups is 1. The van der Waals surface area contributed by atoms with Crippen LogP contribution in [0.5, 0.6) is 0 Å². The van der Waals surface area contributed by atoms with Crippen LogP contribution in [0, 0.1) is 5.92 Å². The van der Waals surface area contributed by atoms with Crippen molar-refractivity contribution in [2.75, 3.05) is 12.3 Å². The molecule has 0 spiro atoms. The summed E-state index contributed by atoms with van der Waals surface area (Å²) >= 11 is 8.71. The largest absolute Gasteiger partial charge is 0.338 e. The molecule has 0 saturated heterocycles. The maximum absolute atomic E-state index is 11.7. The summed E-state index contributed by atoms with van der Waals surface area (Å²) in [6.07, 6.45) is 0. The lowest BCUT2D eigenvalue weighted by Gasteiger charge is -2.07. The minimum atomic E-state index is -0.463. The number of carbonyl (C=O) groups is 2. The highest BCUT2D eigenvalue weighted by Gasteiger charge is 2.11. The molecule has 0 fully saturated rings. The first-order valence-electron chi connectivity index (χ1n) is 6.70. The molecule has 0 aliphatic carbocycles. The lowest BCUT2D eigenvalue weighted by Crippen LogP contribution is -2.41. The molecule has 0 aliphatic heterocycles. The highest BCUT2D eigenvalue weighted by molar-refractivity contribution is 8.01. The lowest BCUT2D eigenvalue weighted by molar-refractivity contribution is -0.117. The molecule has 8 heteroatoms. The van der Waals surface area contributed by atoms with Gasteiger partial charge < -0.3 is 5.32 Å². The van der Waals surface area contributed by atoms with Gasteiger partial charge in [-0.15, -0.1) is 11.3 Å². The van der Waals surface area contributed by atoms with E-state index < -0.39 is 6.03 Å². The van der Waals surface area contributed by atoms with E-state index in [1.807, 2.05) is 26.0 Å². The maximum Gasteiger partial charge on any atom is 0.321 e. The molecule has 22 heavy (non-hydrogen) atoms. The predicted octanol–water partition coefficient (Wildman–Crippen LogP) is 3.52. The number of amides is 3. The topological polar surface area (TPSA) is 71.1 Å². The van der Waals surface area contributed by atoms with Gasteiger partial charge in [0.1, 0.15) is 0 Å². The second-order valence-corrected chi connectivity index (χ2v) is 7.72. The fraction of sp³-hybridized carbons (Fsp3) is 0.357. The van der Waals surface area contributed by atoms with E-state index in [1.54, 1.807) is 6.07 Å². The minimum Gasteiger partial charge on any atom is -0.338 e. The van der Waals surface area contributed by atoms with E-state index in [2.05, 4.69) is 15.6 Å². The van der Waals surface area contributed by atoms with Gasteiger partial charge in [-0.25, -0.2) is 9.78 Å². The average Bonchev–Trinajstić information content (AvgIpc) is 2.85. The highest BCUT2D eigenvalue weighted by atomic mass is 35.5. The van der Waals surface area contributed by atoms with Crippen molar-refractivity contribution in [1.29, 1.82) is 0 Å². The van der Waals surface area contributed by atoms with E-state index in [9.17, 15) is 9.59 Å². The standard InChI is InChI=1S/C14H16ClN3O2S2/c1-8(2)6-16-13(20)18-12(19)7-21-14-17-10-5-9(15)3-4-11(10)22-14/h3-5,8H,6-7H2,1-2H3,(H2,16,18,19,20). The van der Waals surface area contributed by atoms with Crippen molar-refractivity contribution in [2.24, 2.45) is 5.92 Å². The van der Waals surface area contributed by atoms with Crippen LogP contribution < -0.4 is 10.6 Å². The number of carbonyl (C=O) groups excluding carboxylic acids is 2. The Morgan fingerprint density at radius 1 is 1.41 bits per heavy atom. The molecule has 0 radical (unpaired) electrons. The Labute approximate surface area is 141 Å². The molecule has 3 amide bonds. The van der Waals surface area contributed by atoms with Crippen LogP contribution in [0.4, 0.5) is 4.79 Å². The van der Waals surface area contributed by atoms with E-state index in [1.165, 1.54) is 23.1 Å². The van der Waals surface area contributed by atoms with Crippen molar-refractivity contribution in [1.82, 2.24) is 15.6 Å². The second-order valence-electron chi connectivity index (χ2n) is 5.03. The number of halogens is 1. The zero-order chi connectivity index (χ0) is 16.1. The van der Waals surface area contributed by atoms with E-state index in [4.69, 9.17) is 11.6 Å². The number of thiazole rings is 1. The summed E-state index contributed by atoms with van der Waals surface area (Å²) in [4.78, 5) is 27.6. The molecule has 0 aliphatic rings. The Kier molecular flexibility index (Phi) is 6.05. The zero-order valence-corrected chi connectivity index (χ0v) is 14.6. The summed E-state index contributed by atoms with van der Waals surface area (Å²) in [6.45, 7) is 4.50. The number of thioether (sulfide) groups is 1. The Hall–Kier alpha value is -1.31. The van der Waals surface area contributed by atoms with Gasteiger partial charge in [-0.2, -0.15) is 0 Å². The molecule has 118 valence electrons. The van der Waals surface area contributed by atoms with Gasteiger partial charge in [0.2, 0.25) is 5.91 Å². The maximum atomic E-state index is 11.7. The SMILES string of the molecule is CC(C)CNC(=O)NC(=O)CSc1nc2cc(Cl)ccc2s1. The van der Waals surface area contributed by atoms with Gasteiger partial charge in [0.05, 0.1) is 16.0 Å². The van der Waals surface area contributed by atoms with E-state index >= 15 is 0 Å². The summed E-state index contributed by atoms with van der Waals surface area (Å²) in [5.41, 5.74) is 0.815. The zero-order valence-electron chi connectivity index (χ0n) is 12.2. The van der Waals surface area contributed by atoms with Crippen LogP contribution in [0.25, 0.3) is 10.2 Å². The molecule has 2 N–H and O–H groups in total. The van der Waals surface area contributed by atoms with E-state index in [0.717, 1.165) is 14.6 Å². The molecule has 2 aromatic rings. The minimum absolute atomic E-state index is 0.142. The summed E-state index contributed by atoms with van der Waals surface area (Å²) in [5.74, 6) is 0.135. The molecule has 0 saturated carbocycles. The van der Waals surface area contributed by atoms with Gasteiger partial charge in [0, 0.05) is 11.6 Å². The number of nitrogens with zero attached hydrogens (tertiary/aromatic N) is 1. The van der Waals surface area contributed by atoms with Gasteiger partial charge in [-0.3, -0.25) is 10.1 Å². The Bertz CT molecular complexity index is 688. The molecule has 0 atom stereocenters. The Morgan fingerprint density at radius 3 is 2.91 bits per heavy atom. The third-order valence-electron chi connectivity index (χ3n) is 2.58. The highest BCUT2D eigenvalue weighted by Crippen LogP contribution is 2.30. The van der Waals surface area contributed by atoms with Crippen LogP contribution in [0.2, 0.25) is 5.02 Å². The third-order valence-corrected chi connectivity index (χ3v) is 5.00. The number of benzene rings is 1. The summed E-state index contributed by atoms with van der Waals surface area (Å²) in [6, 6.07) is 5.04. The Morgan fingerprint density at radius 2 is 2.18 bits per heavy atom. The fourth-order valence-electron chi connectivity index (χ4n) is 1.57. The number of imide groups is 1. The summed E-state index contributed by atoms with van der Waals surface area (Å²) in [7, 11) is 0. The first kappa shape index (κ1) is 17.1. The number of hydrogen-bond acceptors (Lipinski definition) is 5. The quantitative estimate of drug-likeness (QED) is 0.803. The van der Waals surface area contributed by atoms with Gasteiger partial charge in [0.15, 0.2) is 4.34 Å². The van der Waals surface area contributed by atoms with E-state index in [0.29, 0.717) is 17.5 Å². The number of fused-ring (bicyclic) bond motifs is 1. The molecule has 0 bridgehead atoms. The molecule has 1 aromatic carbocycles. The van der Waals surface area contributed by atoms with Crippen LogP contribution in [-0.2, 0) is 4.79 Å². The molecule has 2 rings (SSSR count). The van der Waals surface area contributed by atoms with Gasteiger partial charge in [-0.1, -0.05) is 37.2 Å². The number of hydrogen-bond donors (Lipinski definition) is 2. The molecular formula is C14H16ClN3O2S2. The van der Waals surface area contributed by atoms with Crippen molar-refractivity contribution in [3.63, 3.8) is 0 Å². The first-order chi connectivity index (χ1) is 10.4. The Balaban J connectivity index is 1.83. The molecule has 1 heterocycles. The fourth-order valence-corrected chi connectivity index (χ4v) is 3.59. The predicted molar refractivity (Wildman–Crippen MR) is 91.7 cm³/mol. The van der Waals surface area contributed by atoms with Crippen LogP contribution in [0.1, 0.15) is 13.8 Å². The van der Waals surface area contributed by atoms with Crippen molar-refractivity contribution >= 4 is 56.9 Å². The molecular weight excluding hydrogens is 342 g/mol. The van der Waals surface area contributed by atoms with Crippen molar-refractivity contribution in [3.8, 4) is 0 Å². The smallest absolute Gasteiger partial charge is 0.321 e. The summed E-state index contributed by atoms with van der Waals surface area (Å²) in [5, 5.41) is 5.56. The van der Waals surface area contributed by atoms with Gasteiger partial charge in [-0.05, 0) is 24.1 Å². The number of nitrogens with one attached hydrogen (secondary N) is 2. The third kappa shape index (κ3) is 5.15. The average molecular weight is 358 g/mol. The molecule has 5 nitrogen and oxygen atoms in total. The van der Waals surface area contributed by atoms with Crippen molar-refractivity contribution < 1.29 is 9.59 Å². The first-order valence-corrected chi connectivity index (χ1v) is 8.88. The number of aromatic nitrogens is 1. The van der Waals surface area contributed by atoms with E-state index in [-0.39, 0.29) is 11.7 Å². The second kappa shape index (κ2) is 7.80. The monoisotopic (exact) mass is 357 g/mol. The van der Waals surface area contributed by atoms with Crippen molar-refractivity contribution in [3.05, 3.63) is 23.2 Å².